The zero-order chi connectivity index (χ0) is 11.5. The first-order valence-corrected chi connectivity index (χ1v) is 6.19. The van der Waals surface area contributed by atoms with Crippen molar-refractivity contribution in [3.63, 3.8) is 0 Å². The Kier molecular flexibility index (Phi) is 2.78. The zero-order valence-electron chi connectivity index (χ0n) is 9.84. The summed E-state index contributed by atoms with van der Waals surface area (Å²) in [6.45, 7) is 2.34. The van der Waals surface area contributed by atoms with Gasteiger partial charge in [-0.1, -0.05) is 30.3 Å². The number of pyridine rings is 1. The molecule has 0 bridgehead atoms. The maximum absolute atomic E-state index is 4.27. The first kappa shape index (κ1) is 10.3. The van der Waals surface area contributed by atoms with E-state index in [1.807, 2.05) is 12.4 Å². The third-order valence-corrected chi connectivity index (χ3v) is 3.33. The molecule has 0 N–H and O–H groups in total. The average Bonchev–Trinajstić information content (AvgIpc) is 2.94. The van der Waals surface area contributed by atoms with Gasteiger partial charge in [-0.15, -0.1) is 0 Å². The molecule has 0 saturated carbocycles. The Morgan fingerprint density at radius 3 is 2.47 bits per heavy atom. The lowest BCUT2D eigenvalue weighted by Gasteiger charge is -2.21. The van der Waals surface area contributed by atoms with Crippen LogP contribution in [0.4, 0.5) is 5.69 Å². The van der Waals surface area contributed by atoms with Crippen LogP contribution < -0.4 is 4.90 Å². The van der Waals surface area contributed by atoms with Crippen LogP contribution in [0.25, 0.3) is 11.1 Å². The van der Waals surface area contributed by atoms with E-state index in [9.17, 15) is 0 Å². The van der Waals surface area contributed by atoms with Gasteiger partial charge < -0.3 is 4.90 Å². The topological polar surface area (TPSA) is 16.1 Å². The molecule has 86 valence electrons. The van der Waals surface area contributed by atoms with Gasteiger partial charge >= 0.3 is 0 Å². The highest BCUT2D eigenvalue weighted by Gasteiger charge is 2.16. The summed E-state index contributed by atoms with van der Waals surface area (Å²) in [7, 11) is 0. The van der Waals surface area contributed by atoms with Crippen molar-refractivity contribution in [2.45, 2.75) is 12.8 Å². The van der Waals surface area contributed by atoms with E-state index in [-0.39, 0.29) is 0 Å². The maximum atomic E-state index is 4.27. The van der Waals surface area contributed by atoms with Gasteiger partial charge in [0, 0.05) is 36.7 Å². The van der Waals surface area contributed by atoms with Crippen molar-refractivity contribution in [2.24, 2.45) is 0 Å². The molecule has 1 aromatic heterocycles. The fourth-order valence-corrected chi connectivity index (χ4v) is 2.46. The molecular weight excluding hydrogens is 208 g/mol. The van der Waals surface area contributed by atoms with Crippen molar-refractivity contribution in [1.82, 2.24) is 4.98 Å². The predicted octanol–water partition coefficient (Wildman–Crippen LogP) is 3.35. The quantitative estimate of drug-likeness (QED) is 0.777. The fraction of sp³-hybridized carbons (Fsp3) is 0.267. The molecule has 1 aliphatic rings. The molecule has 0 atom stereocenters. The second-order valence-corrected chi connectivity index (χ2v) is 4.45. The summed E-state index contributed by atoms with van der Waals surface area (Å²) in [5, 5.41) is 0. The third-order valence-electron chi connectivity index (χ3n) is 3.33. The van der Waals surface area contributed by atoms with Crippen LogP contribution in [-0.2, 0) is 0 Å². The summed E-state index contributed by atoms with van der Waals surface area (Å²) in [5.74, 6) is 0. The number of aromatic nitrogens is 1. The van der Waals surface area contributed by atoms with E-state index in [0.717, 1.165) is 0 Å². The van der Waals surface area contributed by atoms with Gasteiger partial charge in [0.25, 0.3) is 0 Å². The number of hydrogen-bond acceptors (Lipinski definition) is 2. The molecule has 0 amide bonds. The second kappa shape index (κ2) is 4.58. The molecule has 2 aromatic rings. The van der Waals surface area contributed by atoms with Crippen molar-refractivity contribution in [1.29, 1.82) is 0 Å². The SMILES string of the molecule is c1ccc(-c2cnccc2N2CCCC2)cc1. The molecular formula is C15H16N2. The van der Waals surface area contributed by atoms with E-state index < -0.39 is 0 Å². The Bertz CT molecular complexity index is 487. The van der Waals surface area contributed by atoms with Crippen LogP contribution in [0.5, 0.6) is 0 Å². The van der Waals surface area contributed by atoms with Gasteiger partial charge in [-0.3, -0.25) is 4.98 Å². The summed E-state index contributed by atoms with van der Waals surface area (Å²) in [6.07, 6.45) is 6.47. The van der Waals surface area contributed by atoms with Crippen LogP contribution in [0.1, 0.15) is 12.8 Å². The molecule has 1 aromatic carbocycles. The van der Waals surface area contributed by atoms with Gasteiger partial charge in [-0.05, 0) is 24.5 Å². The molecule has 0 aliphatic carbocycles. The van der Waals surface area contributed by atoms with E-state index in [4.69, 9.17) is 0 Å². The predicted molar refractivity (Wildman–Crippen MR) is 71.1 cm³/mol. The number of rotatable bonds is 2. The van der Waals surface area contributed by atoms with Crippen LogP contribution in [0.2, 0.25) is 0 Å². The number of anilines is 1. The first-order valence-electron chi connectivity index (χ1n) is 6.19. The minimum absolute atomic E-state index is 1.17. The fourth-order valence-electron chi connectivity index (χ4n) is 2.46. The molecule has 1 saturated heterocycles. The van der Waals surface area contributed by atoms with Gasteiger partial charge in [-0.25, -0.2) is 0 Å². The van der Waals surface area contributed by atoms with E-state index in [2.05, 4.69) is 46.3 Å². The zero-order valence-corrected chi connectivity index (χ0v) is 9.84. The lowest BCUT2D eigenvalue weighted by atomic mass is 10.1. The van der Waals surface area contributed by atoms with Crippen molar-refractivity contribution in [2.75, 3.05) is 18.0 Å². The monoisotopic (exact) mass is 224 g/mol. The molecule has 0 radical (unpaired) electrons. The molecule has 1 aliphatic heterocycles. The Labute approximate surface area is 102 Å². The Morgan fingerprint density at radius 2 is 1.71 bits per heavy atom. The largest absolute Gasteiger partial charge is 0.371 e. The van der Waals surface area contributed by atoms with Crippen molar-refractivity contribution in [3.05, 3.63) is 48.8 Å². The van der Waals surface area contributed by atoms with Crippen molar-refractivity contribution >= 4 is 5.69 Å². The first-order chi connectivity index (χ1) is 8.45. The summed E-state index contributed by atoms with van der Waals surface area (Å²) in [4.78, 5) is 6.73. The van der Waals surface area contributed by atoms with Crippen molar-refractivity contribution in [3.8, 4) is 11.1 Å². The van der Waals surface area contributed by atoms with Crippen LogP contribution >= 0.6 is 0 Å². The van der Waals surface area contributed by atoms with Crippen LogP contribution in [0.3, 0.4) is 0 Å². The second-order valence-electron chi connectivity index (χ2n) is 4.45. The summed E-state index contributed by atoms with van der Waals surface area (Å²) < 4.78 is 0. The highest BCUT2D eigenvalue weighted by molar-refractivity contribution is 5.77. The highest BCUT2D eigenvalue weighted by atomic mass is 15.1. The van der Waals surface area contributed by atoms with Crippen LogP contribution in [0.15, 0.2) is 48.8 Å². The Morgan fingerprint density at radius 1 is 0.941 bits per heavy atom. The van der Waals surface area contributed by atoms with Crippen molar-refractivity contribution < 1.29 is 0 Å². The van der Waals surface area contributed by atoms with E-state index in [0.29, 0.717) is 0 Å². The van der Waals surface area contributed by atoms with E-state index in [1.54, 1.807) is 0 Å². The average molecular weight is 224 g/mol. The summed E-state index contributed by atoms with van der Waals surface area (Å²) >= 11 is 0. The molecule has 3 rings (SSSR count). The van der Waals surface area contributed by atoms with Crippen LogP contribution in [-0.4, -0.2) is 18.1 Å². The van der Waals surface area contributed by atoms with Gasteiger partial charge in [0.05, 0.1) is 0 Å². The van der Waals surface area contributed by atoms with Gasteiger partial charge in [-0.2, -0.15) is 0 Å². The number of benzene rings is 1. The van der Waals surface area contributed by atoms with E-state index >= 15 is 0 Å². The van der Waals surface area contributed by atoms with Gasteiger partial charge in [0.15, 0.2) is 0 Å². The van der Waals surface area contributed by atoms with Gasteiger partial charge in [0.1, 0.15) is 0 Å². The maximum Gasteiger partial charge on any atom is 0.0476 e. The lowest BCUT2D eigenvalue weighted by molar-refractivity contribution is 0.949. The summed E-state index contributed by atoms with van der Waals surface area (Å²) in [5.41, 5.74) is 3.82. The smallest absolute Gasteiger partial charge is 0.0476 e. The molecule has 1 fully saturated rings. The normalized spacial score (nSPS) is 15.2. The standard InChI is InChI=1S/C15H16N2/c1-2-6-13(7-3-1)14-12-16-9-8-15(14)17-10-4-5-11-17/h1-3,6-9,12H,4-5,10-11H2. The number of hydrogen-bond donors (Lipinski definition) is 0. The highest BCUT2D eigenvalue weighted by Crippen LogP contribution is 2.31. The summed E-state index contributed by atoms with van der Waals surface area (Å²) in [6, 6.07) is 12.6. The third kappa shape index (κ3) is 2.03. The molecule has 0 unspecified atom stereocenters. The lowest BCUT2D eigenvalue weighted by Crippen LogP contribution is -2.18. The molecule has 0 spiro atoms. The van der Waals surface area contributed by atoms with E-state index in [1.165, 1.54) is 42.7 Å². The molecule has 17 heavy (non-hydrogen) atoms. The Balaban J connectivity index is 2.04. The number of nitrogens with zero attached hydrogens (tertiary/aromatic N) is 2. The molecule has 2 nitrogen and oxygen atoms in total. The molecule has 2 heterocycles. The minimum Gasteiger partial charge on any atom is -0.371 e. The Hall–Kier alpha value is -1.83. The van der Waals surface area contributed by atoms with Crippen LogP contribution in [0, 0.1) is 0 Å². The minimum atomic E-state index is 1.17. The van der Waals surface area contributed by atoms with Gasteiger partial charge in [0.2, 0.25) is 0 Å². The molecule has 2 heteroatoms.